The number of hydrogen-bond acceptors (Lipinski definition) is 3. The number of hydrogen-bond donors (Lipinski definition) is 1. The van der Waals surface area contributed by atoms with Gasteiger partial charge in [0.1, 0.15) is 5.82 Å². The lowest BCUT2D eigenvalue weighted by Crippen LogP contribution is -2.02. The molecule has 0 bridgehead atoms. The van der Waals surface area contributed by atoms with Crippen molar-refractivity contribution in [3.8, 4) is 11.5 Å². The Morgan fingerprint density at radius 2 is 1.95 bits per heavy atom. The Morgan fingerprint density at radius 1 is 1.14 bits per heavy atom. The standard InChI is InChI=1S/C16H17FINO2/c1-3-21-15-7-4-11(8-16(15)20-2)10-19-14-6-5-12(17)9-13(14)18/h4-9,19H,3,10H2,1-2H3. The average Bonchev–Trinajstić information content (AvgIpc) is 2.47. The summed E-state index contributed by atoms with van der Waals surface area (Å²) < 4.78 is 24.7. The van der Waals surface area contributed by atoms with Gasteiger partial charge in [-0.1, -0.05) is 6.07 Å². The lowest BCUT2D eigenvalue weighted by atomic mass is 10.2. The van der Waals surface area contributed by atoms with E-state index in [1.807, 2.05) is 25.1 Å². The van der Waals surface area contributed by atoms with E-state index in [9.17, 15) is 4.39 Å². The zero-order chi connectivity index (χ0) is 15.2. The highest BCUT2D eigenvalue weighted by atomic mass is 127. The molecule has 112 valence electrons. The van der Waals surface area contributed by atoms with Gasteiger partial charge < -0.3 is 14.8 Å². The monoisotopic (exact) mass is 401 g/mol. The largest absolute Gasteiger partial charge is 0.493 e. The summed E-state index contributed by atoms with van der Waals surface area (Å²) >= 11 is 2.11. The molecule has 2 rings (SSSR count). The summed E-state index contributed by atoms with van der Waals surface area (Å²) in [6, 6.07) is 10.5. The highest BCUT2D eigenvalue weighted by Crippen LogP contribution is 2.28. The van der Waals surface area contributed by atoms with Crippen molar-refractivity contribution >= 4 is 28.3 Å². The summed E-state index contributed by atoms with van der Waals surface area (Å²) in [4.78, 5) is 0. The van der Waals surface area contributed by atoms with Gasteiger partial charge in [0.2, 0.25) is 0 Å². The number of anilines is 1. The first kappa shape index (κ1) is 15.9. The normalized spacial score (nSPS) is 10.3. The molecule has 0 aliphatic heterocycles. The minimum Gasteiger partial charge on any atom is -0.493 e. The van der Waals surface area contributed by atoms with Crippen LogP contribution in [-0.4, -0.2) is 13.7 Å². The van der Waals surface area contributed by atoms with Gasteiger partial charge in [0, 0.05) is 15.8 Å². The van der Waals surface area contributed by atoms with Crippen LogP contribution in [0.25, 0.3) is 0 Å². The quantitative estimate of drug-likeness (QED) is 0.726. The van der Waals surface area contributed by atoms with Gasteiger partial charge in [-0.05, 0) is 65.4 Å². The molecule has 0 saturated heterocycles. The lowest BCUT2D eigenvalue weighted by molar-refractivity contribution is 0.310. The van der Waals surface area contributed by atoms with E-state index in [-0.39, 0.29) is 5.82 Å². The highest BCUT2D eigenvalue weighted by Gasteiger charge is 2.06. The second kappa shape index (κ2) is 7.49. The van der Waals surface area contributed by atoms with Crippen molar-refractivity contribution in [1.29, 1.82) is 0 Å². The zero-order valence-corrected chi connectivity index (χ0v) is 14.1. The highest BCUT2D eigenvalue weighted by molar-refractivity contribution is 14.1. The predicted octanol–water partition coefficient (Wildman–Crippen LogP) is 4.45. The van der Waals surface area contributed by atoms with Crippen LogP contribution in [-0.2, 0) is 6.54 Å². The topological polar surface area (TPSA) is 30.5 Å². The molecule has 0 radical (unpaired) electrons. The average molecular weight is 401 g/mol. The van der Waals surface area contributed by atoms with Crippen molar-refractivity contribution in [2.75, 3.05) is 19.0 Å². The second-order valence-corrected chi connectivity index (χ2v) is 5.56. The molecule has 0 aliphatic rings. The molecule has 0 saturated carbocycles. The van der Waals surface area contributed by atoms with E-state index in [4.69, 9.17) is 9.47 Å². The van der Waals surface area contributed by atoms with Crippen LogP contribution in [0.1, 0.15) is 12.5 Å². The molecule has 0 aromatic heterocycles. The van der Waals surface area contributed by atoms with Crippen molar-refractivity contribution in [2.45, 2.75) is 13.5 Å². The van der Waals surface area contributed by atoms with E-state index >= 15 is 0 Å². The van der Waals surface area contributed by atoms with E-state index in [1.165, 1.54) is 12.1 Å². The van der Waals surface area contributed by atoms with Crippen molar-refractivity contribution in [2.24, 2.45) is 0 Å². The number of halogens is 2. The van der Waals surface area contributed by atoms with E-state index in [0.717, 1.165) is 20.6 Å². The molecular weight excluding hydrogens is 384 g/mol. The molecule has 2 aromatic carbocycles. The Bertz CT molecular complexity index is 619. The summed E-state index contributed by atoms with van der Waals surface area (Å²) in [7, 11) is 1.62. The van der Waals surface area contributed by atoms with E-state index in [1.54, 1.807) is 13.2 Å². The Labute approximate surface area is 137 Å². The summed E-state index contributed by atoms with van der Waals surface area (Å²) in [6.07, 6.45) is 0. The van der Waals surface area contributed by atoms with Crippen LogP contribution in [0.2, 0.25) is 0 Å². The molecule has 0 unspecified atom stereocenters. The zero-order valence-electron chi connectivity index (χ0n) is 12.0. The third-order valence-corrected chi connectivity index (χ3v) is 3.83. The number of nitrogens with one attached hydrogen (secondary N) is 1. The summed E-state index contributed by atoms with van der Waals surface area (Å²) in [6.45, 7) is 3.16. The maximum absolute atomic E-state index is 13.1. The van der Waals surface area contributed by atoms with Gasteiger partial charge in [-0.3, -0.25) is 0 Å². The first-order valence-corrected chi connectivity index (χ1v) is 7.70. The number of benzene rings is 2. The first-order valence-electron chi connectivity index (χ1n) is 6.62. The molecule has 2 aromatic rings. The summed E-state index contributed by atoms with van der Waals surface area (Å²) in [5.74, 6) is 1.22. The molecule has 0 amide bonds. The minimum atomic E-state index is -0.229. The van der Waals surface area contributed by atoms with Crippen molar-refractivity contribution < 1.29 is 13.9 Å². The molecule has 0 spiro atoms. The third kappa shape index (κ3) is 4.23. The maximum atomic E-state index is 13.1. The molecule has 0 atom stereocenters. The molecule has 5 heteroatoms. The van der Waals surface area contributed by atoms with Gasteiger partial charge in [-0.2, -0.15) is 0 Å². The van der Waals surface area contributed by atoms with Gasteiger partial charge in [-0.15, -0.1) is 0 Å². The Balaban J connectivity index is 2.09. The number of methoxy groups -OCH3 is 1. The lowest BCUT2D eigenvalue weighted by Gasteiger charge is -2.12. The van der Waals surface area contributed by atoms with Crippen molar-refractivity contribution in [1.82, 2.24) is 0 Å². The maximum Gasteiger partial charge on any atom is 0.161 e. The van der Waals surface area contributed by atoms with Crippen molar-refractivity contribution in [3.63, 3.8) is 0 Å². The Hall–Kier alpha value is -1.50. The fourth-order valence-corrected chi connectivity index (χ4v) is 2.59. The SMILES string of the molecule is CCOc1ccc(CNc2ccc(F)cc2I)cc1OC. The van der Waals surface area contributed by atoms with Crippen LogP contribution in [0.4, 0.5) is 10.1 Å². The van der Waals surface area contributed by atoms with Crippen LogP contribution in [0.5, 0.6) is 11.5 Å². The van der Waals surface area contributed by atoms with Gasteiger partial charge in [0.15, 0.2) is 11.5 Å². The fraction of sp³-hybridized carbons (Fsp3) is 0.250. The summed E-state index contributed by atoms with van der Waals surface area (Å²) in [5.41, 5.74) is 1.97. The van der Waals surface area contributed by atoms with Crippen LogP contribution in [0.3, 0.4) is 0 Å². The molecule has 21 heavy (non-hydrogen) atoms. The first-order chi connectivity index (χ1) is 10.1. The van der Waals surface area contributed by atoms with Gasteiger partial charge >= 0.3 is 0 Å². The van der Waals surface area contributed by atoms with E-state index in [2.05, 4.69) is 27.9 Å². The van der Waals surface area contributed by atoms with Crippen LogP contribution in [0, 0.1) is 9.39 Å². The molecule has 0 heterocycles. The minimum absolute atomic E-state index is 0.229. The van der Waals surface area contributed by atoms with Crippen LogP contribution >= 0.6 is 22.6 Å². The molecule has 0 aliphatic carbocycles. The van der Waals surface area contributed by atoms with E-state index in [0.29, 0.717) is 18.9 Å². The Kier molecular flexibility index (Phi) is 5.67. The van der Waals surface area contributed by atoms with Crippen LogP contribution < -0.4 is 14.8 Å². The molecule has 3 nitrogen and oxygen atoms in total. The second-order valence-electron chi connectivity index (χ2n) is 4.40. The number of ether oxygens (including phenoxy) is 2. The van der Waals surface area contributed by atoms with Gasteiger partial charge in [-0.25, -0.2) is 4.39 Å². The van der Waals surface area contributed by atoms with Crippen molar-refractivity contribution in [3.05, 3.63) is 51.3 Å². The number of rotatable bonds is 6. The third-order valence-electron chi connectivity index (χ3n) is 2.94. The van der Waals surface area contributed by atoms with Gasteiger partial charge in [0.05, 0.1) is 13.7 Å². The van der Waals surface area contributed by atoms with Crippen LogP contribution in [0.15, 0.2) is 36.4 Å². The summed E-state index contributed by atoms with van der Waals surface area (Å²) in [5, 5.41) is 3.29. The van der Waals surface area contributed by atoms with Gasteiger partial charge in [0.25, 0.3) is 0 Å². The fourth-order valence-electron chi connectivity index (χ4n) is 1.93. The smallest absolute Gasteiger partial charge is 0.161 e. The van der Waals surface area contributed by atoms with E-state index < -0.39 is 0 Å². The molecule has 1 N–H and O–H groups in total. The molecule has 0 fully saturated rings. The molecular formula is C16H17FINO2. The Morgan fingerprint density at radius 3 is 2.62 bits per heavy atom. The predicted molar refractivity (Wildman–Crippen MR) is 90.6 cm³/mol.